The topological polar surface area (TPSA) is 26.0 Å². The van der Waals surface area contributed by atoms with Gasteiger partial charge in [-0.3, -0.25) is 0 Å². The summed E-state index contributed by atoms with van der Waals surface area (Å²) >= 11 is 1.77. The van der Waals surface area contributed by atoms with E-state index < -0.39 is 0 Å². The lowest BCUT2D eigenvalue weighted by Crippen LogP contribution is -1.91. The van der Waals surface area contributed by atoms with E-state index in [1.807, 2.05) is 12.1 Å². The average molecular weight is 203 g/mol. The predicted molar refractivity (Wildman–Crippen MR) is 63.6 cm³/mol. The molecule has 0 saturated heterocycles. The van der Waals surface area contributed by atoms with Gasteiger partial charge in [-0.05, 0) is 48.1 Å². The molecule has 0 fully saturated rings. The Labute approximate surface area is 88.2 Å². The van der Waals surface area contributed by atoms with E-state index in [-0.39, 0.29) is 0 Å². The normalized spacial score (nSPS) is 10.4. The SMILES string of the molecule is Cc1sccc1-c1cccc(N)c1C. The summed E-state index contributed by atoms with van der Waals surface area (Å²) in [5, 5.41) is 2.12. The summed E-state index contributed by atoms with van der Waals surface area (Å²) < 4.78 is 0. The summed E-state index contributed by atoms with van der Waals surface area (Å²) in [4.78, 5) is 1.35. The maximum atomic E-state index is 5.88. The molecule has 1 nitrogen and oxygen atoms in total. The number of nitrogen functional groups attached to an aromatic ring is 1. The zero-order valence-corrected chi connectivity index (χ0v) is 9.19. The Kier molecular flexibility index (Phi) is 2.30. The lowest BCUT2D eigenvalue weighted by molar-refractivity contribution is 1.45. The Hall–Kier alpha value is -1.28. The van der Waals surface area contributed by atoms with Crippen molar-refractivity contribution in [2.75, 3.05) is 5.73 Å². The van der Waals surface area contributed by atoms with Crippen LogP contribution in [-0.4, -0.2) is 0 Å². The number of benzene rings is 1. The molecule has 72 valence electrons. The smallest absolute Gasteiger partial charge is 0.0349 e. The molecule has 0 saturated carbocycles. The fourth-order valence-corrected chi connectivity index (χ4v) is 2.32. The van der Waals surface area contributed by atoms with E-state index >= 15 is 0 Å². The highest BCUT2D eigenvalue weighted by Crippen LogP contribution is 2.31. The quantitative estimate of drug-likeness (QED) is 0.704. The fourth-order valence-electron chi connectivity index (χ4n) is 1.61. The van der Waals surface area contributed by atoms with Gasteiger partial charge in [-0.15, -0.1) is 11.3 Å². The van der Waals surface area contributed by atoms with Gasteiger partial charge in [0.2, 0.25) is 0 Å². The highest BCUT2D eigenvalue weighted by Gasteiger charge is 2.06. The molecule has 2 heteroatoms. The second kappa shape index (κ2) is 3.46. The van der Waals surface area contributed by atoms with Crippen molar-refractivity contribution < 1.29 is 0 Å². The maximum absolute atomic E-state index is 5.88. The van der Waals surface area contributed by atoms with Gasteiger partial charge < -0.3 is 5.73 Å². The van der Waals surface area contributed by atoms with Crippen LogP contribution in [-0.2, 0) is 0 Å². The number of aryl methyl sites for hydroxylation is 1. The molecule has 0 bridgehead atoms. The molecule has 0 radical (unpaired) electrons. The molecule has 0 spiro atoms. The number of anilines is 1. The zero-order valence-electron chi connectivity index (χ0n) is 8.37. The minimum Gasteiger partial charge on any atom is -0.398 e. The number of hydrogen-bond donors (Lipinski definition) is 1. The highest BCUT2D eigenvalue weighted by atomic mass is 32.1. The molecule has 0 atom stereocenters. The van der Waals surface area contributed by atoms with E-state index in [1.165, 1.54) is 21.6 Å². The molecule has 14 heavy (non-hydrogen) atoms. The van der Waals surface area contributed by atoms with Crippen LogP contribution in [0, 0.1) is 13.8 Å². The fraction of sp³-hybridized carbons (Fsp3) is 0.167. The van der Waals surface area contributed by atoms with Gasteiger partial charge in [0.15, 0.2) is 0 Å². The van der Waals surface area contributed by atoms with Crippen LogP contribution < -0.4 is 5.73 Å². The summed E-state index contributed by atoms with van der Waals surface area (Å²) in [6.07, 6.45) is 0. The Bertz CT molecular complexity index is 457. The molecule has 2 N–H and O–H groups in total. The highest BCUT2D eigenvalue weighted by molar-refractivity contribution is 7.10. The van der Waals surface area contributed by atoms with Crippen LogP contribution in [0.25, 0.3) is 11.1 Å². The number of rotatable bonds is 1. The summed E-state index contributed by atoms with van der Waals surface area (Å²) in [6.45, 7) is 4.21. The Morgan fingerprint density at radius 1 is 1.07 bits per heavy atom. The van der Waals surface area contributed by atoms with Crippen LogP contribution >= 0.6 is 11.3 Å². The molecule has 0 unspecified atom stereocenters. The summed E-state index contributed by atoms with van der Waals surface area (Å²) in [5.74, 6) is 0. The third-order valence-electron chi connectivity index (χ3n) is 2.52. The second-order valence-corrected chi connectivity index (χ2v) is 4.53. The largest absolute Gasteiger partial charge is 0.398 e. The predicted octanol–water partition coefficient (Wildman–Crippen LogP) is 3.61. The molecule has 1 heterocycles. The van der Waals surface area contributed by atoms with Crippen LogP contribution in [0.2, 0.25) is 0 Å². The van der Waals surface area contributed by atoms with E-state index in [1.54, 1.807) is 11.3 Å². The van der Waals surface area contributed by atoms with E-state index in [9.17, 15) is 0 Å². The van der Waals surface area contributed by atoms with Crippen LogP contribution in [0.5, 0.6) is 0 Å². The Balaban J connectivity index is 2.63. The van der Waals surface area contributed by atoms with Gasteiger partial charge in [0.1, 0.15) is 0 Å². The molecule has 0 aliphatic carbocycles. The molecule has 2 aromatic rings. The molecule has 1 aromatic carbocycles. The molecule has 2 rings (SSSR count). The first-order valence-electron chi connectivity index (χ1n) is 4.59. The van der Waals surface area contributed by atoms with Crippen LogP contribution in [0.1, 0.15) is 10.4 Å². The van der Waals surface area contributed by atoms with Gasteiger partial charge >= 0.3 is 0 Å². The third-order valence-corrected chi connectivity index (χ3v) is 3.37. The van der Waals surface area contributed by atoms with Crippen molar-refractivity contribution in [1.29, 1.82) is 0 Å². The van der Waals surface area contributed by atoms with E-state index in [0.717, 1.165) is 5.69 Å². The van der Waals surface area contributed by atoms with Gasteiger partial charge in [-0.2, -0.15) is 0 Å². The second-order valence-electron chi connectivity index (χ2n) is 3.41. The van der Waals surface area contributed by atoms with Crippen LogP contribution in [0.3, 0.4) is 0 Å². The minimum absolute atomic E-state index is 0.869. The van der Waals surface area contributed by atoms with Gasteiger partial charge in [0, 0.05) is 10.6 Å². The first kappa shape index (κ1) is 9.28. The molecule has 0 aliphatic heterocycles. The molecule has 0 amide bonds. The number of nitrogens with two attached hydrogens (primary N) is 1. The average Bonchev–Trinajstić information content (AvgIpc) is 2.57. The van der Waals surface area contributed by atoms with Crippen molar-refractivity contribution in [3.8, 4) is 11.1 Å². The Morgan fingerprint density at radius 2 is 1.86 bits per heavy atom. The number of thiophene rings is 1. The van der Waals surface area contributed by atoms with Crippen LogP contribution in [0.15, 0.2) is 29.6 Å². The molecule has 0 aliphatic rings. The van der Waals surface area contributed by atoms with Crippen molar-refractivity contribution >= 4 is 17.0 Å². The molecular formula is C12H13NS. The monoisotopic (exact) mass is 203 g/mol. The van der Waals surface area contributed by atoms with Crippen molar-refractivity contribution in [2.24, 2.45) is 0 Å². The Morgan fingerprint density at radius 3 is 2.50 bits per heavy atom. The molecular weight excluding hydrogens is 190 g/mol. The lowest BCUT2D eigenvalue weighted by atomic mass is 10.0. The lowest BCUT2D eigenvalue weighted by Gasteiger charge is -2.07. The molecule has 1 aromatic heterocycles. The van der Waals surface area contributed by atoms with Crippen molar-refractivity contribution in [3.63, 3.8) is 0 Å². The van der Waals surface area contributed by atoms with Crippen molar-refractivity contribution in [3.05, 3.63) is 40.1 Å². The standard InChI is InChI=1S/C12H13NS/c1-8-10(4-3-5-12(8)13)11-6-7-14-9(11)2/h3-7H,13H2,1-2H3. The third kappa shape index (κ3) is 1.42. The summed E-state index contributed by atoms with van der Waals surface area (Å²) in [6, 6.07) is 8.23. The zero-order chi connectivity index (χ0) is 10.1. The van der Waals surface area contributed by atoms with Crippen LogP contribution in [0.4, 0.5) is 5.69 Å². The van der Waals surface area contributed by atoms with Crippen molar-refractivity contribution in [2.45, 2.75) is 13.8 Å². The van der Waals surface area contributed by atoms with Gasteiger partial charge in [0.05, 0.1) is 0 Å². The summed E-state index contributed by atoms with van der Waals surface area (Å²) in [7, 11) is 0. The summed E-state index contributed by atoms with van der Waals surface area (Å²) in [5.41, 5.74) is 10.5. The van der Waals surface area contributed by atoms with E-state index in [4.69, 9.17) is 5.73 Å². The number of hydrogen-bond acceptors (Lipinski definition) is 2. The first-order chi connectivity index (χ1) is 6.70. The van der Waals surface area contributed by atoms with Gasteiger partial charge in [-0.1, -0.05) is 12.1 Å². The van der Waals surface area contributed by atoms with Gasteiger partial charge in [0.25, 0.3) is 0 Å². The van der Waals surface area contributed by atoms with E-state index in [2.05, 4.69) is 31.4 Å². The van der Waals surface area contributed by atoms with Gasteiger partial charge in [-0.25, -0.2) is 0 Å². The first-order valence-corrected chi connectivity index (χ1v) is 5.47. The van der Waals surface area contributed by atoms with Crippen molar-refractivity contribution in [1.82, 2.24) is 0 Å². The maximum Gasteiger partial charge on any atom is 0.0349 e. The minimum atomic E-state index is 0.869. The van der Waals surface area contributed by atoms with E-state index in [0.29, 0.717) is 0 Å².